The third-order valence-corrected chi connectivity index (χ3v) is 2.75. The van der Waals surface area contributed by atoms with E-state index in [1.165, 1.54) is 12.3 Å². The Labute approximate surface area is 105 Å². The number of aryl methyl sites for hydroxylation is 2. The maximum Gasteiger partial charge on any atom is 0.257 e. The number of halogens is 1. The van der Waals surface area contributed by atoms with Crippen LogP contribution in [-0.2, 0) is 0 Å². The predicted molar refractivity (Wildman–Crippen MR) is 68.1 cm³/mol. The van der Waals surface area contributed by atoms with Crippen molar-refractivity contribution >= 4 is 11.6 Å². The normalized spacial score (nSPS) is 10.2. The Kier molecular flexibility index (Phi) is 3.37. The Balaban J connectivity index is 2.16. The highest BCUT2D eigenvalue weighted by molar-refractivity contribution is 6.04. The van der Waals surface area contributed by atoms with Gasteiger partial charge in [0.05, 0.1) is 5.56 Å². The maximum absolute atomic E-state index is 12.6. The van der Waals surface area contributed by atoms with Crippen LogP contribution < -0.4 is 5.32 Å². The molecule has 2 rings (SSSR count). The molecule has 0 spiro atoms. The molecule has 92 valence electrons. The van der Waals surface area contributed by atoms with E-state index in [0.29, 0.717) is 11.3 Å². The molecule has 1 heterocycles. The molecule has 0 aliphatic heterocycles. The molecule has 1 aromatic carbocycles. The number of rotatable bonds is 2. The number of carbonyl (C=O) groups excluding carboxylic acids is 1. The van der Waals surface area contributed by atoms with Gasteiger partial charge in [0.15, 0.2) is 0 Å². The van der Waals surface area contributed by atoms with Crippen LogP contribution >= 0.6 is 0 Å². The molecule has 0 unspecified atom stereocenters. The van der Waals surface area contributed by atoms with Gasteiger partial charge >= 0.3 is 0 Å². The van der Waals surface area contributed by atoms with Crippen molar-refractivity contribution in [1.82, 2.24) is 4.98 Å². The molecule has 4 heteroatoms. The van der Waals surface area contributed by atoms with Crippen LogP contribution in [-0.4, -0.2) is 10.9 Å². The Morgan fingerprint density at radius 2 is 1.94 bits per heavy atom. The zero-order valence-corrected chi connectivity index (χ0v) is 10.2. The summed E-state index contributed by atoms with van der Waals surface area (Å²) in [4.78, 5) is 15.3. The summed E-state index contributed by atoms with van der Waals surface area (Å²) in [6.45, 7) is 3.98. The summed E-state index contributed by atoms with van der Waals surface area (Å²) in [6.07, 6.45) is 1.21. The second kappa shape index (κ2) is 4.96. The van der Waals surface area contributed by atoms with Crippen molar-refractivity contribution in [1.29, 1.82) is 0 Å². The first-order valence-electron chi connectivity index (χ1n) is 5.56. The van der Waals surface area contributed by atoms with E-state index in [-0.39, 0.29) is 5.91 Å². The first-order chi connectivity index (χ1) is 8.56. The van der Waals surface area contributed by atoms with Crippen LogP contribution in [0.2, 0.25) is 0 Å². The van der Waals surface area contributed by atoms with Gasteiger partial charge < -0.3 is 5.32 Å². The minimum absolute atomic E-state index is 0.300. The first kappa shape index (κ1) is 12.2. The van der Waals surface area contributed by atoms with Gasteiger partial charge in [-0.05, 0) is 49.2 Å². The SMILES string of the molecule is Cc1ccc(NC(=O)c2ccc(F)nc2)cc1C. The number of nitrogens with one attached hydrogen (secondary N) is 1. The lowest BCUT2D eigenvalue weighted by Gasteiger charge is -2.07. The summed E-state index contributed by atoms with van der Waals surface area (Å²) in [5.74, 6) is -0.900. The van der Waals surface area contributed by atoms with E-state index in [4.69, 9.17) is 0 Å². The zero-order chi connectivity index (χ0) is 13.1. The van der Waals surface area contributed by atoms with Gasteiger partial charge in [-0.2, -0.15) is 4.39 Å². The van der Waals surface area contributed by atoms with Crippen molar-refractivity contribution in [2.45, 2.75) is 13.8 Å². The average molecular weight is 244 g/mol. The number of hydrogen-bond acceptors (Lipinski definition) is 2. The Hall–Kier alpha value is -2.23. The van der Waals surface area contributed by atoms with Crippen molar-refractivity contribution in [2.24, 2.45) is 0 Å². The third-order valence-electron chi connectivity index (χ3n) is 2.75. The number of carbonyl (C=O) groups is 1. The average Bonchev–Trinajstić information content (AvgIpc) is 2.34. The van der Waals surface area contributed by atoms with E-state index < -0.39 is 5.95 Å². The largest absolute Gasteiger partial charge is 0.322 e. The van der Waals surface area contributed by atoms with Crippen molar-refractivity contribution in [2.75, 3.05) is 5.32 Å². The van der Waals surface area contributed by atoms with E-state index in [2.05, 4.69) is 10.3 Å². The number of pyridine rings is 1. The molecule has 0 saturated carbocycles. The third kappa shape index (κ3) is 2.71. The second-order valence-corrected chi connectivity index (χ2v) is 4.12. The number of aromatic nitrogens is 1. The molecule has 0 fully saturated rings. The highest BCUT2D eigenvalue weighted by Crippen LogP contribution is 2.15. The van der Waals surface area contributed by atoms with Crippen LogP contribution in [0.4, 0.5) is 10.1 Å². The smallest absolute Gasteiger partial charge is 0.257 e. The summed E-state index contributed by atoms with van der Waals surface area (Å²) in [5.41, 5.74) is 3.31. The molecule has 0 atom stereocenters. The fourth-order valence-corrected chi connectivity index (χ4v) is 1.53. The fraction of sp³-hybridized carbons (Fsp3) is 0.143. The van der Waals surface area contributed by atoms with Crippen molar-refractivity contribution in [3.05, 3.63) is 59.2 Å². The Morgan fingerprint density at radius 1 is 1.17 bits per heavy atom. The molecule has 2 aromatic rings. The standard InChI is InChI=1S/C14H13FN2O/c1-9-3-5-12(7-10(9)2)17-14(18)11-4-6-13(15)16-8-11/h3-8H,1-2H3,(H,17,18). The summed E-state index contributed by atoms with van der Waals surface area (Å²) in [5, 5.41) is 2.74. The molecule has 0 saturated heterocycles. The number of benzene rings is 1. The van der Waals surface area contributed by atoms with Gasteiger partial charge in [0.2, 0.25) is 5.95 Å². The fourth-order valence-electron chi connectivity index (χ4n) is 1.53. The van der Waals surface area contributed by atoms with Crippen LogP contribution in [0.3, 0.4) is 0 Å². The van der Waals surface area contributed by atoms with E-state index in [1.807, 2.05) is 32.0 Å². The lowest BCUT2D eigenvalue weighted by Crippen LogP contribution is -2.12. The van der Waals surface area contributed by atoms with Crippen molar-refractivity contribution in [3.8, 4) is 0 Å². The van der Waals surface area contributed by atoms with Crippen LogP contribution in [0.15, 0.2) is 36.5 Å². The van der Waals surface area contributed by atoms with E-state index >= 15 is 0 Å². The minimum Gasteiger partial charge on any atom is -0.322 e. The summed E-state index contributed by atoms with van der Waals surface area (Å²) < 4.78 is 12.6. The van der Waals surface area contributed by atoms with Gasteiger partial charge in [0.25, 0.3) is 5.91 Å². The molecule has 1 amide bonds. The topological polar surface area (TPSA) is 42.0 Å². The molecule has 1 N–H and O–H groups in total. The first-order valence-corrected chi connectivity index (χ1v) is 5.56. The lowest BCUT2D eigenvalue weighted by molar-refractivity contribution is 0.102. The summed E-state index contributed by atoms with van der Waals surface area (Å²) >= 11 is 0. The van der Waals surface area contributed by atoms with Gasteiger partial charge in [-0.25, -0.2) is 4.98 Å². The summed E-state index contributed by atoms with van der Waals surface area (Å²) in [6, 6.07) is 8.23. The molecule has 0 aliphatic carbocycles. The Morgan fingerprint density at radius 3 is 2.56 bits per heavy atom. The van der Waals surface area contributed by atoms with E-state index in [9.17, 15) is 9.18 Å². The molecule has 0 radical (unpaired) electrons. The van der Waals surface area contributed by atoms with E-state index in [0.717, 1.165) is 17.2 Å². The highest BCUT2D eigenvalue weighted by atomic mass is 19.1. The number of anilines is 1. The van der Waals surface area contributed by atoms with Crippen molar-refractivity contribution in [3.63, 3.8) is 0 Å². The molecule has 3 nitrogen and oxygen atoms in total. The van der Waals surface area contributed by atoms with Gasteiger partial charge in [-0.15, -0.1) is 0 Å². The quantitative estimate of drug-likeness (QED) is 0.825. The molecule has 0 bridgehead atoms. The second-order valence-electron chi connectivity index (χ2n) is 4.12. The monoisotopic (exact) mass is 244 g/mol. The van der Waals surface area contributed by atoms with Crippen LogP contribution in [0.1, 0.15) is 21.5 Å². The van der Waals surface area contributed by atoms with Gasteiger partial charge in [-0.1, -0.05) is 6.07 Å². The number of amides is 1. The summed E-state index contributed by atoms with van der Waals surface area (Å²) in [7, 11) is 0. The van der Waals surface area contributed by atoms with E-state index in [1.54, 1.807) is 0 Å². The van der Waals surface area contributed by atoms with Gasteiger partial charge in [0.1, 0.15) is 0 Å². The van der Waals surface area contributed by atoms with Crippen LogP contribution in [0.25, 0.3) is 0 Å². The van der Waals surface area contributed by atoms with Crippen molar-refractivity contribution < 1.29 is 9.18 Å². The van der Waals surface area contributed by atoms with Gasteiger partial charge in [0, 0.05) is 11.9 Å². The molecular formula is C14H13FN2O. The lowest BCUT2D eigenvalue weighted by atomic mass is 10.1. The highest BCUT2D eigenvalue weighted by Gasteiger charge is 2.07. The van der Waals surface area contributed by atoms with Crippen LogP contribution in [0.5, 0.6) is 0 Å². The molecule has 0 aliphatic rings. The number of hydrogen-bond donors (Lipinski definition) is 1. The molecule has 1 aromatic heterocycles. The van der Waals surface area contributed by atoms with Crippen LogP contribution in [0, 0.1) is 19.8 Å². The molecular weight excluding hydrogens is 231 g/mol. The molecule has 18 heavy (non-hydrogen) atoms. The zero-order valence-electron chi connectivity index (χ0n) is 10.2. The van der Waals surface area contributed by atoms with Gasteiger partial charge in [-0.3, -0.25) is 4.79 Å². The predicted octanol–water partition coefficient (Wildman–Crippen LogP) is 3.09. The number of nitrogens with zero attached hydrogens (tertiary/aromatic N) is 1. The minimum atomic E-state index is -0.599. The maximum atomic E-state index is 12.6. The Bertz CT molecular complexity index is 579.